The molecule has 1 atom stereocenters. The van der Waals surface area contributed by atoms with Crippen LogP contribution in [0.4, 0.5) is 17.6 Å². The van der Waals surface area contributed by atoms with Gasteiger partial charge in [-0.25, -0.2) is 14.2 Å². The van der Waals surface area contributed by atoms with Crippen LogP contribution in [0.15, 0.2) is 29.3 Å². The third kappa shape index (κ3) is 2.27. The van der Waals surface area contributed by atoms with Gasteiger partial charge in [0.2, 0.25) is 0 Å². The van der Waals surface area contributed by atoms with Gasteiger partial charge in [0.1, 0.15) is 5.82 Å². The molecule has 1 unspecified atom stereocenters. The lowest BCUT2D eigenvalue weighted by molar-refractivity contribution is -0.210. The van der Waals surface area contributed by atoms with Crippen molar-refractivity contribution in [1.29, 1.82) is 0 Å². The van der Waals surface area contributed by atoms with Crippen molar-refractivity contribution in [2.45, 2.75) is 12.4 Å². The monoisotopic (exact) mass is 247 g/mol. The first-order valence-electron chi connectivity index (χ1n) is 4.49. The smallest absolute Gasteiger partial charge is 0.425 e. The van der Waals surface area contributed by atoms with Gasteiger partial charge in [0.25, 0.3) is 6.23 Å². The number of rotatable bonds is 1. The Morgan fingerprint density at radius 1 is 1.18 bits per heavy atom. The molecule has 17 heavy (non-hydrogen) atoms. The van der Waals surface area contributed by atoms with Gasteiger partial charge in [0.15, 0.2) is 5.71 Å². The Hall–Kier alpha value is -1.92. The molecular formula is C10H5F4NO2. The number of benzene rings is 1. The molecule has 0 N–H and O–H groups in total. The highest BCUT2D eigenvalue weighted by molar-refractivity contribution is 6.44. The fourth-order valence-electron chi connectivity index (χ4n) is 1.29. The molecule has 0 saturated heterocycles. The number of carbonyl (C=O) groups excluding carboxylic acids is 1. The standard InChI is InChI=1S/C10H5F4NO2/c11-6-3-1-5(2-4-6)7-8(16)17-9(15-7)10(12,13)14/h1-4,9H. The zero-order valence-electron chi connectivity index (χ0n) is 8.16. The van der Waals surface area contributed by atoms with E-state index in [0.717, 1.165) is 24.3 Å². The molecule has 0 bridgehead atoms. The van der Waals surface area contributed by atoms with E-state index in [9.17, 15) is 22.4 Å². The van der Waals surface area contributed by atoms with Gasteiger partial charge in [-0.15, -0.1) is 0 Å². The lowest BCUT2D eigenvalue weighted by Crippen LogP contribution is -2.27. The van der Waals surface area contributed by atoms with E-state index in [0.29, 0.717) is 0 Å². The molecule has 0 aromatic heterocycles. The highest BCUT2D eigenvalue weighted by Crippen LogP contribution is 2.28. The number of nitrogens with zero attached hydrogens (tertiary/aromatic N) is 1. The van der Waals surface area contributed by atoms with E-state index in [1.54, 1.807) is 0 Å². The van der Waals surface area contributed by atoms with Gasteiger partial charge in [-0.2, -0.15) is 13.2 Å². The second kappa shape index (κ2) is 3.83. The van der Waals surface area contributed by atoms with Crippen LogP contribution >= 0.6 is 0 Å². The maximum Gasteiger partial charge on any atom is 0.447 e. The van der Waals surface area contributed by atoms with Gasteiger partial charge in [0.05, 0.1) is 0 Å². The summed E-state index contributed by atoms with van der Waals surface area (Å²) < 4.78 is 53.4. The average Bonchev–Trinajstić information content (AvgIpc) is 2.61. The fraction of sp³-hybridized carbons (Fsp3) is 0.200. The lowest BCUT2D eigenvalue weighted by Gasteiger charge is -2.09. The molecular weight excluding hydrogens is 242 g/mol. The second-order valence-corrected chi connectivity index (χ2v) is 3.28. The topological polar surface area (TPSA) is 38.7 Å². The highest BCUT2D eigenvalue weighted by Gasteiger charge is 2.47. The molecule has 90 valence electrons. The van der Waals surface area contributed by atoms with Crippen molar-refractivity contribution in [1.82, 2.24) is 0 Å². The molecule has 1 aromatic carbocycles. The van der Waals surface area contributed by atoms with Crippen molar-refractivity contribution in [3.05, 3.63) is 35.6 Å². The van der Waals surface area contributed by atoms with Crippen molar-refractivity contribution in [3.63, 3.8) is 0 Å². The average molecular weight is 247 g/mol. The van der Waals surface area contributed by atoms with Crippen molar-refractivity contribution in [2.24, 2.45) is 4.99 Å². The van der Waals surface area contributed by atoms with Crippen molar-refractivity contribution in [3.8, 4) is 0 Å². The number of aliphatic imine (C=N–C) groups is 1. The third-order valence-corrected chi connectivity index (χ3v) is 2.06. The minimum atomic E-state index is -4.74. The minimum Gasteiger partial charge on any atom is -0.425 e. The van der Waals surface area contributed by atoms with Crippen LogP contribution in [0.5, 0.6) is 0 Å². The van der Waals surface area contributed by atoms with Crippen LogP contribution < -0.4 is 0 Å². The van der Waals surface area contributed by atoms with Gasteiger partial charge < -0.3 is 4.74 Å². The normalized spacial score (nSPS) is 20.1. The van der Waals surface area contributed by atoms with E-state index in [4.69, 9.17) is 0 Å². The molecule has 1 aliphatic rings. The van der Waals surface area contributed by atoms with Crippen molar-refractivity contribution in [2.75, 3.05) is 0 Å². The van der Waals surface area contributed by atoms with Gasteiger partial charge in [-0.3, -0.25) is 0 Å². The number of hydrogen-bond donors (Lipinski definition) is 0. The summed E-state index contributed by atoms with van der Waals surface area (Å²) >= 11 is 0. The van der Waals surface area contributed by atoms with E-state index in [1.807, 2.05) is 0 Å². The molecule has 7 heteroatoms. The van der Waals surface area contributed by atoms with E-state index in [1.165, 1.54) is 0 Å². The van der Waals surface area contributed by atoms with Gasteiger partial charge in [0, 0.05) is 5.56 Å². The maximum absolute atomic E-state index is 12.6. The molecule has 2 rings (SSSR count). The quantitative estimate of drug-likeness (QED) is 0.562. The van der Waals surface area contributed by atoms with Crippen molar-refractivity contribution >= 4 is 11.7 Å². The van der Waals surface area contributed by atoms with Gasteiger partial charge >= 0.3 is 12.1 Å². The summed E-state index contributed by atoms with van der Waals surface area (Å²) in [6.45, 7) is 0. The Morgan fingerprint density at radius 2 is 1.76 bits per heavy atom. The first kappa shape index (κ1) is 11.6. The van der Waals surface area contributed by atoms with Crippen LogP contribution in [0.25, 0.3) is 0 Å². The van der Waals surface area contributed by atoms with Crippen LogP contribution in [-0.2, 0) is 9.53 Å². The molecule has 0 fully saturated rings. The van der Waals surface area contributed by atoms with Gasteiger partial charge in [-0.05, 0) is 24.3 Å². The third-order valence-electron chi connectivity index (χ3n) is 2.06. The Kier molecular flexibility index (Phi) is 2.60. The number of cyclic esters (lactones) is 1. The summed E-state index contributed by atoms with van der Waals surface area (Å²) in [4.78, 5) is 14.3. The zero-order valence-corrected chi connectivity index (χ0v) is 8.16. The Bertz CT molecular complexity index is 478. The van der Waals surface area contributed by atoms with Gasteiger partial charge in [-0.1, -0.05) is 0 Å². The Labute approximate surface area is 92.7 Å². The van der Waals surface area contributed by atoms with Crippen LogP contribution in [0.3, 0.4) is 0 Å². The lowest BCUT2D eigenvalue weighted by atomic mass is 10.1. The molecule has 0 radical (unpaired) electrons. The molecule has 1 aromatic rings. The number of hydrogen-bond acceptors (Lipinski definition) is 3. The summed E-state index contributed by atoms with van der Waals surface area (Å²) in [7, 11) is 0. The van der Waals surface area contributed by atoms with Crippen LogP contribution in [0.1, 0.15) is 5.56 Å². The summed E-state index contributed by atoms with van der Waals surface area (Å²) in [6, 6.07) is 4.36. The molecule has 0 spiro atoms. The zero-order chi connectivity index (χ0) is 12.6. The van der Waals surface area contributed by atoms with Crippen LogP contribution in [0.2, 0.25) is 0 Å². The summed E-state index contributed by atoms with van der Waals surface area (Å²) in [5, 5.41) is 0. The minimum absolute atomic E-state index is 0.0863. The highest BCUT2D eigenvalue weighted by atomic mass is 19.4. The summed E-state index contributed by atoms with van der Waals surface area (Å²) in [5.41, 5.74) is -0.365. The maximum atomic E-state index is 12.6. The summed E-state index contributed by atoms with van der Waals surface area (Å²) in [6.07, 6.45) is -7.22. The Morgan fingerprint density at radius 3 is 2.24 bits per heavy atom. The number of ether oxygens (including phenoxy) is 1. The summed E-state index contributed by atoms with van der Waals surface area (Å²) in [5.74, 6) is -1.73. The molecule has 0 saturated carbocycles. The Balaban J connectivity index is 2.33. The fourth-order valence-corrected chi connectivity index (χ4v) is 1.29. The second-order valence-electron chi connectivity index (χ2n) is 3.28. The number of esters is 1. The number of alkyl halides is 3. The van der Waals surface area contributed by atoms with Crippen molar-refractivity contribution < 1.29 is 27.1 Å². The molecule has 1 heterocycles. The van der Waals surface area contributed by atoms with E-state index < -0.39 is 29.9 Å². The molecule has 0 amide bonds. The van der Waals surface area contributed by atoms with E-state index >= 15 is 0 Å². The number of carbonyl (C=O) groups is 1. The van der Waals surface area contributed by atoms with Crippen LogP contribution in [-0.4, -0.2) is 24.1 Å². The molecule has 3 nitrogen and oxygen atoms in total. The molecule has 0 aliphatic carbocycles. The molecule has 1 aliphatic heterocycles. The predicted molar refractivity (Wildman–Crippen MR) is 48.9 cm³/mol. The van der Waals surface area contributed by atoms with E-state index in [-0.39, 0.29) is 5.56 Å². The van der Waals surface area contributed by atoms with Crippen LogP contribution in [0, 0.1) is 5.82 Å². The predicted octanol–water partition coefficient (Wildman–Crippen LogP) is 2.06. The SMILES string of the molecule is O=C1OC(C(F)(F)F)N=C1c1ccc(F)cc1. The first-order valence-corrected chi connectivity index (χ1v) is 4.49. The number of halogens is 4. The largest absolute Gasteiger partial charge is 0.447 e. The first-order chi connectivity index (χ1) is 7.88. The van der Waals surface area contributed by atoms with E-state index in [2.05, 4.69) is 9.73 Å².